The van der Waals surface area contributed by atoms with E-state index in [1.807, 2.05) is 19.9 Å². The van der Waals surface area contributed by atoms with Crippen molar-refractivity contribution >= 4 is 5.91 Å². The zero-order valence-electron chi connectivity index (χ0n) is 9.45. The van der Waals surface area contributed by atoms with E-state index in [0.29, 0.717) is 6.54 Å². The lowest BCUT2D eigenvalue weighted by atomic mass is 10.2. The largest absolute Gasteiger partial charge is 0.345 e. The summed E-state index contributed by atoms with van der Waals surface area (Å²) < 4.78 is 0. The number of hydrogen-bond donors (Lipinski definition) is 2. The maximum Gasteiger partial charge on any atom is 0.236 e. The molecular formula is C10H18N4O. The summed E-state index contributed by atoms with van der Waals surface area (Å²) in [6.07, 6.45) is 1.70. The predicted molar refractivity (Wildman–Crippen MR) is 58.3 cm³/mol. The van der Waals surface area contributed by atoms with Gasteiger partial charge in [0, 0.05) is 25.8 Å². The number of amides is 1. The Morgan fingerprint density at radius 3 is 3.00 bits per heavy atom. The van der Waals surface area contributed by atoms with E-state index >= 15 is 0 Å². The SMILES string of the molecule is CCN(C)C(=O)CNC(C)c1ccn[nH]1. The molecule has 1 aromatic heterocycles. The van der Waals surface area contributed by atoms with Gasteiger partial charge in [0.25, 0.3) is 0 Å². The van der Waals surface area contributed by atoms with Crippen LogP contribution in [0.4, 0.5) is 0 Å². The van der Waals surface area contributed by atoms with Crippen molar-refractivity contribution in [2.75, 3.05) is 20.1 Å². The molecule has 0 saturated heterocycles. The van der Waals surface area contributed by atoms with Gasteiger partial charge in [-0.05, 0) is 19.9 Å². The third kappa shape index (κ3) is 3.36. The molecule has 0 fully saturated rings. The van der Waals surface area contributed by atoms with Crippen molar-refractivity contribution < 1.29 is 4.79 Å². The molecule has 1 heterocycles. The van der Waals surface area contributed by atoms with E-state index < -0.39 is 0 Å². The first-order valence-corrected chi connectivity index (χ1v) is 5.11. The zero-order valence-corrected chi connectivity index (χ0v) is 9.45. The molecule has 15 heavy (non-hydrogen) atoms. The van der Waals surface area contributed by atoms with Crippen LogP contribution in [-0.4, -0.2) is 41.1 Å². The second kappa shape index (κ2) is 5.50. The number of H-pyrrole nitrogens is 1. The van der Waals surface area contributed by atoms with Gasteiger partial charge in [0.1, 0.15) is 0 Å². The fourth-order valence-electron chi connectivity index (χ4n) is 1.17. The summed E-state index contributed by atoms with van der Waals surface area (Å²) in [5, 5.41) is 9.87. The van der Waals surface area contributed by atoms with Gasteiger partial charge in [0.15, 0.2) is 0 Å². The highest BCUT2D eigenvalue weighted by molar-refractivity contribution is 5.77. The molecular weight excluding hydrogens is 192 g/mol. The van der Waals surface area contributed by atoms with Crippen LogP contribution in [0.1, 0.15) is 25.6 Å². The number of carbonyl (C=O) groups is 1. The van der Waals surface area contributed by atoms with Crippen LogP contribution in [0.15, 0.2) is 12.3 Å². The molecule has 0 bridgehead atoms. The Morgan fingerprint density at radius 1 is 1.73 bits per heavy atom. The smallest absolute Gasteiger partial charge is 0.236 e. The lowest BCUT2D eigenvalue weighted by Gasteiger charge is -2.17. The Labute approximate surface area is 89.9 Å². The van der Waals surface area contributed by atoms with Gasteiger partial charge in [0.2, 0.25) is 5.91 Å². The normalized spacial score (nSPS) is 12.5. The highest BCUT2D eigenvalue weighted by atomic mass is 16.2. The summed E-state index contributed by atoms with van der Waals surface area (Å²) in [5.74, 6) is 0.101. The Kier molecular flexibility index (Phi) is 4.30. The van der Waals surface area contributed by atoms with E-state index in [-0.39, 0.29) is 11.9 Å². The molecule has 0 aliphatic carbocycles. The summed E-state index contributed by atoms with van der Waals surface area (Å²) in [7, 11) is 1.80. The number of aromatic amines is 1. The third-order valence-electron chi connectivity index (χ3n) is 2.45. The van der Waals surface area contributed by atoms with Crippen LogP contribution in [0, 0.1) is 0 Å². The Morgan fingerprint density at radius 2 is 2.47 bits per heavy atom. The average molecular weight is 210 g/mol. The van der Waals surface area contributed by atoms with Crippen molar-refractivity contribution in [3.05, 3.63) is 18.0 Å². The Hall–Kier alpha value is -1.36. The molecule has 0 aromatic carbocycles. The minimum Gasteiger partial charge on any atom is -0.345 e. The van der Waals surface area contributed by atoms with E-state index in [4.69, 9.17) is 0 Å². The van der Waals surface area contributed by atoms with E-state index in [2.05, 4.69) is 15.5 Å². The van der Waals surface area contributed by atoms with Crippen molar-refractivity contribution in [2.24, 2.45) is 0 Å². The van der Waals surface area contributed by atoms with Gasteiger partial charge in [-0.2, -0.15) is 5.10 Å². The van der Waals surface area contributed by atoms with Gasteiger partial charge >= 0.3 is 0 Å². The molecule has 2 N–H and O–H groups in total. The quantitative estimate of drug-likeness (QED) is 0.745. The minimum absolute atomic E-state index is 0.101. The summed E-state index contributed by atoms with van der Waals surface area (Å²) in [6.45, 7) is 5.03. The van der Waals surface area contributed by atoms with Gasteiger partial charge in [-0.3, -0.25) is 9.89 Å². The number of nitrogens with one attached hydrogen (secondary N) is 2. The lowest BCUT2D eigenvalue weighted by molar-refractivity contribution is -0.128. The van der Waals surface area contributed by atoms with Crippen LogP contribution in [0.3, 0.4) is 0 Å². The highest BCUT2D eigenvalue weighted by Crippen LogP contribution is 2.06. The predicted octanol–water partition coefficient (Wildman–Crippen LogP) is 0.539. The molecule has 5 heteroatoms. The number of likely N-dealkylation sites (N-methyl/N-ethyl adjacent to an activating group) is 1. The molecule has 1 aromatic rings. The van der Waals surface area contributed by atoms with Crippen molar-refractivity contribution in [3.8, 4) is 0 Å². The van der Waals surface area contributed by atoms with Crippen molar-refractivity contribution in [3.63, 3.8) is 0 Å². The van der Waals surface area contributed by atoms with Gasteiger partial charge < -0.3 is 10.2 Å². The standard InChI is InChI=1S/C10H18N4O/c1-4-14(3)10(15)7-11-8(2)9-5-6-12-13-9/h5-6,8,11H,4,7H2,1-3H3,(H,12,13). The molecule has 0 aliphatic heterocycles. The van der Waals surface area contributed by atoms with Crippen molar-refractivity contribution in [2.45, 2.75) is 19.9 Å². The summed E-state index contributed by atoms with van der Waals surface area (Å²) in [5.41, 5.74) is 0.988. The number of aromatic nitrogens is 2. The second-order valence-corrected chi connectivity index (χ2v) is 3.52. The van der Waals surface area contributed by atoms with Gasteiger partial charge in [-0.15, -0.1) is 0 Å². The Bertz CT molecular complexity index is 296. The fraction of sp³-hybridized carbons (Fsp3) is 0.600. The molecule has 5 nitrogen and oxygen atoms in total. The second-order valence-electron chi connectivity index (χ2n) is 3.52. The first-order valence-electron chi connectivity index (χ1n) is 5.11. The van der Waals surface area contributed by atoms with Crippen LogP contribution in [-0.2, 0) is 4.79 Å². The van der Waals surface area contributed by atoms with Gasteiger partial charge in [-0.1, -0.05) is 0 Å². The van der Waals surface area contributed by atoms with E-state index in [0.717, 1.165) is 12.2 Å². The van der Waals surface area contributed by atoms with Gasteiger partial charge in [0.05, 0.1) is 12.2 Å². The number of carbonyl (C=O) groups excluding carboxylic acids is 1. The first-order chi connectivity index (χ1) is 7.15. The third-order valence-corrected chi connectivity index (χ3v) is 2.45. The molecule has 1 unspecified atom stereocenters. The molecule has 1 rings (SSSR count). The first kappa shape index (κ1) is 11.7. The monoisotopic (exact) mass is 210 g/mol. The van der Waals surface area contributed by atoms with E-state index in [1.54, 1.807) is 18.1 Å². The van der Waals surface area contributed by atoms with Crippen LogP contribution in [0.25, 0.3) is 0 Å². The highest BCUT2D eigenvalue weighted by Gasteiger charge is 2.10. The van der Waals surface area contributed by atoms with Crippen molar-refractivity contribution in [1.29, 1.82) is 0 Å². The maximum absolute atomic E-state index is 11.5. The number of hydrogen-bond acceptors (Lipinski definition) is 3. The summed E-state index contributed by atoms with van der Waals surface area (Å²) >= 11 is 0. The molecule has 1 atom stereocenters. The van der Waals surface area contributed by atoms with Crippen LogP contribution in [0.2, 0.25) is 0 Å². The topological polar surface area (TPSA) is 61.0 Å². The number of nitrogens with zero attached hydrogens (tertiary/aromatic N) is 2. The summed E-state index contributed by atoms with van der Waals surface area (Å²) in [4.78, 5) is 13.2. The molecule has 0 saturated carbocycles. The van der Waals surface area contributed by atoms with Crippen LogP contribution < -0.4 is 5.32 Å². The molecule has 84 valence electrons. The molecule has 0 radical (unpaired) electrons. The fourth-order valence-corrected chi connectivity index (χ4v) is 1.17. The molecule has 0 spiro atoms. The van der Waals surface area contributed by atoms with Crippen LogP contribution >= 0.6 is 0 Å². The van der Waals surface area contributed by atoms with Gasteiger partial charge in [-0.25, -0.2) is 0 Å². The van der Waals surface area contributed by atoms with Crippen molar-refractivity contribution in [1.82, 2.24) is 20.4 Å². The maximum atomic E-state index is 11.5. The molecule has 0 aliphatic rings. The average Bonchev–Trinajstić information content (AvgIpc) is 2.77. The minimum atomic E-state index is 0.101. The van der Waals surface area contributed by atoms with E-state index in [9.17, 15) is 4.79 Å². The van der Waals surface area contributed by atoms with Crippen LogP contribution in [0.5, 0.6) is 0 Å². The molecule has 1 amide bonds. The summed E-state index contributed by atoms with van der Waals surface area (Å²) in [6, 6.07) is 2.01. The lowest BCUT2D eigenvalue weighted by Crippen LogP contribution is -2.36. The van der Waals surface area contributed by atoms with E-state index in [1.165, 1.54) is 0 Å². The Balaban J connectivity index is 2.34. The number of rotatable bonds is 5. The zero-order chi connectivity index (χ0) is 11.3.